The second kappa shape index (κ2) is 7.73. The molecule has 5 nitrogen and oxygen atoms in total. The summed E-state index contributed by atoms with van der Waals surface area (Å²) in [6, 6.07) is 3.89. The minimum absolute atomic E-state index is 0.0949. The van der Waals surface area contributed by atoms with Crippen molar-refractivity contribution in [1.29, 1.82) is 0 Å². The summed E-state index contributed by atoms with van der Waals surface area (Å²) in [7, 11) is 1.58. The molecule has 0 radical (unpaired) electrons. The second-order valence-corrected chi connectivity index (χ2v) is 5.10. The number of nitrogens with one attached hydrogen (secondary N) is 1. The molecule has 0 saturated carbocycles. The summed E-state index contributed by atoms with van der Waals surface area (Å²) in [6.45, 7) is 5.14. The number of amides is 1. The van der Waals surface area contributed by atoms with Crippen LogP contribution in [0.3, 0.4) is 0 Å². The van der Waals surface area contributed by atoms with E-state index < -0.39 is 0 Å². The highest BCUT2D eigenvalue weighted by atomic mass is 16.6. The van der Waals surface area contributed by atoms with Crippen LogP contribution < -0.4 is 19.5 Å². The van der Waals surface area contributed by atoms with Gasteiger partial charge >= 0.3 is 0 Å². The van der Waals surface area contributed by atoms with Gasteiger partial charge in [0, 0.05) is 12.1 Å². The number of benzene rings is 1. The van der Waals surface area contributed by atoms with Crippen molar-refractivity contribution in [3.05, 3.63) is 23.8 Å². The first-order chi connectivity index (χ1) is 10.7. The maximum Gasteiger partial charge on any atom is 0.244 e. The van der Waals surface area contributed by atoms with Gasteiger partial charge in [0.25, 0.3) is 0 Å². The monoisotopic (exact) mass is 305 g/mol. The molecule has 1 N–H and O–H groups in total. The Kier molecular flexibility index (Phi) is 5.69. The number of hydrogen-bond acceptors (Lipinski definition) is 4. The average molecular weight is 305 g/mol. The van der Waals surface area contributed by atoms with Crippen molar-refractivity contribution in [3.63, 3.8) is 0 Å². The number of carbonyl (C=O) groups is 1. The van der Waals surface area contributed by atoms with Gasteiger partial charge in [-0.25, -0.2) is 0 Å². The lowest BCUT2D eigenvalue weighted by Crippen LogP contribution is -2.32. The lowest BCUT2D eigenvalue weighted by atomic mass is 10.1. The third-order valence-corrected chi connectivity index (χ3v) is 3.61. The van der Waals surface area contributed by atoms with Gasteiger partial charge in [0.2, 0.25) is 11.7 Å². The van der Waals surface area contributed by atoms with E-state index in [-0.39, 0.29) is 11.9 Å². The summed E-state index contributed by atoms with van der Waals surface area (Å²) in [5.41, 5.74) is 0.834. The van der Waals surface area contributed by atoms with Gasteiger partial charge in [0.05, 0.1) is 7.11 Å². The van der Waals surface area contributed by atoms with Crippen molar-refractivity contribution in [3.8, 4) is 17.2 Å². The van der Waals surface area contributed by atoms with Crippen LogP contribution in [-0.4, -0.2) is 32.3 Å². The molecule has 1 aliphatic heterocycles. The topological polar surface area (TPSA) is 56.8 Å². The third-order valence-electron chi connectivity index (χ3n) is 3.61. The molecule has 2 rings (SSSR count). The average Bonchev–Trinajstić information content (AvgIpc) is 2.56. The zero-order chi connectivity index (χ0) is 15.9. The second-order valence-electron chi connectivity index (χ2n) is 5.10. The molecule has 1 heterocycles. The molecular formula is C17H23NO4. The molecule has 0 spiro atoms. The van der Waals surface area contributed by atoms with E-state index in [2.05, 4.69) is 19.2 Å². The fourth-order valence-corrected chi connectivity index (χ4v) is 2.30. The van der Waals surface area contributed by atoms with Crippen molar-refractivity contribution in [1.82, 2.24) is 5.32 Å². The molecule has 0 fully saturated rings. The Labute approximate surface area is 131 Å². The lowest BCUT2D eigenvalue weighted by molar-refractivity contribution is -0.117. The summed E-state index contributed by atoms with van der Waals surface area (Å²) < 4.78 is 16.4. The smallest absolute Gasteiger partial charge is 0.244 e. The van der Waals surface area contributed by atoms with Crippen molar-refractivity contribution in [2.24, 2.45) is 0 Å². The van der Waals surface area contributed by atoms with Gasteiger partial charge in [-0.3, -0.25) is 4.79 Å². The van der Waals surface area contributed by atoms with Crippen LogP contribution in [0, 0.1) is 0 Å². The van der Waals surface area contributed by atoms with Gasteiger partial charge < -0.3 is 19.5 Å². The van der Waals surface area contributed by atoms with Crippen LogP contribution in [-0.2, 0) is 4.79 Å². The van der Waals surface area contributed by atoms with Gasteiger partial charge in [-0.1, -0.05) is 13.8 Å². The normalized spacial score (nSPS) is 13.5. The fourth-order valence-electron chi connectivity index (χ4n) is 2.30. The molecule has 1 amide bonds. The summed E-state index contributed by atoms with van der Waals surface area (Å²) in [5, 5.41) is 2.96. The van der Waals surface area contributed by atoms with E-state index in [4.69, 9.17) is 14.2 Å². The van der Waals surface area contributed by atoms with Crippen molar-refractivity contribution in [2.45, 2.75) is 32.7 Å². The van der Waals surface area contributed by atoms with E-state index in [1.165, 1.54) is 6.08 Å². The highest BCUT2D eigenvalue weighted by molar-refractivity contribution is 5.92. The molecule has 0 aromatic heterocycles. The van der Waals surface area contributed by atoms with Gasteiger partial charge in [-0.2, -0.15) is 0 Å². The Bertz CT molecular complexity index is 533. The largest absolute Gasteiger partial charge is 0.493 e. The molecule has 120 valence electrons. The van der Waals surface area contributed by atoms with Gasteiger partial charge in [-0.05, 0) is 36.6 Å². The minimum atomic E-state index is -0.0949. The van der Waals surface area contributed by atoms with Gasteiger partial charge in [-0.15, -0.1) is 0 Å². The van der Waals surface area contributed by atoms with Gasteiger partial charge in [0.15, 0.2) is 11.5 Å². The maximum atomic E-state index is 11.9. The molecule has 0 unspecified atom stereocenters. The zero-order valence-electron chi connectivity index (χ0n) is 13.3. The van der Waals surface area contributed by atoms with Gasteiger partial charge in [0.1, 0.15) is 13.2 Å². The Morgan fingerprint density at radius 2 is 2.05 bits per heavy atom. The molecule has 0 atom stereocenters. The first-order valence-electron chi connectivity index (χ1n) is 7.64. The van der Waals surface area contributed by atoms with E-state index in [0.717, 1.165) is 18.4 Å². The summed E-state index contributed by atoms with van der Waals surface area (Å²) in [6.07, 6.45) is 5.13. The zero-order valence-corrected chi connectivity index (χ0v) is 13.3. The molecule has 1 aromatic carbocycles. The van der Waals surface area contributed by atoms with Crippen LogP contribution in [0.5, 0.6) is 17.2 Å². The first kappa shape index (κ1) is 16.2. The predicted molar refractivity (Wildman–Crippen MR) is 85.5 cm³/mol. The SMILES string of the molecule is CCC(CC)NC(=O)/C=C/c1cc(OC)c2c(c1)OCCO2. The van der Waals surface area contributed by atoms with Crippen molar-refractivity contribution < 1.29 is 19.0 Å². The maximum absolute atomic E-state index is 11.9. The van der Waals surface area contributed by atoms with Crippen LogP contribution in [0.4, 0.5) is 0 Å². The van der Waals surface area contributed by atoms with E-state index in [1.807, 2.05) is 12.1 Å². The van der Waals surface area contributed by atoms with Crippen LogP contribution in [0.15, 0.2) is 18.2 Å². The quantitative estimate of drug-likeness (QED) is 0.821. The van der Waals surface area contributed by atoms with E-state index >= 15 is 0 Å². The molecule has 22 heavy (non-hydrogen) atoms. The number of ether oxygens (including phenoxy) is 3. The number of rotatable bonds is 6. The number of carbonyl (C=O) groups excluding carboxylic acids is 1. The molecule has 0 bridgehead atoms. The standard InChI is InChI=1S/C17H23NO4/c1-4-13(5-2)18-16(19)7-6-12-10-14(20-3)17-15(11-12)21-8-9-22-17/h6-7,10-11,13H,4-5,8-9H2,1-3H3,(H,18,19)/b7-6+. The number of fused-ring (bicyclic) bond motifs is 1. The number of hydrogen-bond donors (Lipinski definition) is 1. The predicted octanol–water partition coefficient (Wildman–Crippen LogP) is 2.78. The Morgan fingerprint density at radius 1 is 1.32 bits per heavy atom. The minimum Gasteiger partial charge on any atom is -0.493 e. The summed E-state index contributed by atoms with van der Waals surface area (Å²) in [4.78, 5) is 11.9. The molecule has 5 heteroatoms. The molecule has 1 aromatic rings. The molecule has 0 saturated heterocycles. The first-order valence-corrected chi connectivity index (χ1v) is 7.64. The van der Waals surface area contributed by atoms with E-state index in [1.54, 1.807) is 13.2 Å². The third kappa shape index (κ3) is 3.93. The van der Waals surface area contributed by atoms with Crippen molar-refractivity contribution in [2.75, 3.05) is 20.3 Å². The van der Waals surface area contributed by atoms with E-state index in [0.29, 0.717) is 30.5 Å². The Balaban J connectivity index is 2.12. The number of methoxy groups -OCH3 is 1. The highest BCUT2D eigenvalue weighted by Gasteiger charge is 2.17. The molecule has 1 aliphatic rings. The highest BCUT2D eigenvalue weighted by Crippen LogP contribution is 2.40. The van der Waals surface area contributed by atoms with Crippen LogP contribution in [0.2, 0.25) is 0 Å². The van der Waals surface area contributed by atoms with Crippen LogP contribution in [0.25, 0.3) is 6.08 Å². The van der Waals surface area contributed by atoms with Crippen LogP contribution >= 0.6 is 0 Å². The fraction of sp³-hybridized carbons (Fsp3) is 0.471. The Morgan fingerprint density at radius 3 is 2.73 bits per heavy atom. The van der Waals surface area contributed by atoms with E-state index in [9.17, 15) is 4.79 Å². The molecular weight excluding hydrogens is 282 g/mol. The summed E-state index contributed by atoms with van der Waals surface area (Å²) in [5.74, 6) is 1.78. The Hall–Kier alpha value is -2.17. The van der Waals surface area contributed by atoms with Crippen LogP contribution in [0.1, 0.15) is 32.3 Å². The summed E-state index contributed by atoms with van der Waals surface area (Å²) >= 11 is 0. The molecule has 0 aliphatic carbocycles. The lowest BCUT2D eigenvalue weighted by Gasteiger charge is -2.21. The van der Waals surface area contributed by atoms with Crippen molar-refractivity contribution >= 4 is 12.0 Å².